The van der Waals surface area contributed by atoms with Gasteiger partial charge in [0.2, 0.25) is 5.91 Å². The van der Waals surface area contributed by atoms with Crippen LogP contribution < -0.4 is 5.32 Å². The van der Waals surface area contributed by atoms with Crippen LogP contribution in [0.2, 0.25) is 0 Å². The van der Waals surface area contributed by atoms with Gasteiger partial charge in [-0.1, -0.05) is 6.92 Å². The van der Waals surface area contributed by atoms with Crippen molar-refractivity contribution in [2.45, 2.75) is 44.7 Å². The highest BCUT2D eigenvalue weighted by molar-refractivity contribution is 5.85. The lowest BCUT2D eigenvalue weighted by Gasteiger charge is -2.37. The number of nitrogens with one attached hydrogen (secondary N) is 1. The number of rotatable bonds is 4. The zero-order chi connectivity index (χ0) is 12.4. The van der Waals surface area contributed by atoms with Crippen LogP contribution in [0.15, 0.2) is 0 Å². The van der Waals surface area contributed by atoms with Crippen LogP contribution in [0.5, 0.6) is 0 Å². The van der Waals surface area contributed by atoms with E-state index in [0.717, 1.165) is 25.7 Å². The first-order valence-electron chi connectivity index (χ1n) is 6.35. The van der Waals surface area contributed by atoms with E-state index in [-0.39, 0.29) is 18.4 Å². The van der Waals surface area contributed by atoms with Crippen LogP contribution in [-0.4, -0.2) is 47.1 Å². The van der Waals surface area contributed by atoms with Gasteiger partial charge in [-0.3, -0.25) is 4.79 Å². The lowest BCUT2D eigenvalue weighted by molar-refractivity contribution is -0.154. The molecule has 2 N–H and O–H groups in total. The van der Waals surface area contributed by atoms with E-state index in [4.69, 9.17) is 0 Å². The highest BCUT2D eigenvalue weighted by Crippen LogP contribution is 2.24. The third-order valence-electron chi connectivity index (χ3n) is 3.63. The number of hydrogen-bond donors (Lipinski definition) is 2. The fourth-order valence-electron chi connectivity index (χ4n) is 2.46. The number of carboxylic acids is 1. The van der Waals surface area contributed by atoms with Gasteiger partial charge >= 0.3 is 5.97 Å². The summed E-state index contributed by atoms with van der Waals surface area (Å²) in [5, 5.41) is 12.3. The second-order valence-corrected chi connectivity index (χ2v) is 5.14. The Morgan fingerprint density at radius 1 is 1.35 bits per heavy atom. The van der Waals surface area contributed by atoms with Gasteiger partial charge in [-0.25, -0.2) is 4.79 Å². The second kappa shape index (κ2) is 5.04. The molecule has 17 heavy (non-hydrogen) atoms. The van der Waals surface area contributed by atoms with Gasteiger partial charge in [-0.2, -0.15) is 0 Å². The number of carbonyl (C=O) groups is 2. The predicted octanol–water partition coefficient (Wildman–Crippen LogP) is 0.450. The molecule has 2 unspecified atom stereocenters. The van der Waals surface area contributed by atoms with Crippen LogP contribution >= 0.6 is 0 Å². The molecule has 1 aliphatic heterocycles. The molecule has 1 heterocycles. The molecule has 5 heteroatoms. The molecule has 1 saturated carbocycles. The van der Waals surface area contributed by atoms with Crippen molar-refractivity contribution >= 4 is 11.9 Å². The maximum absolute atomic E-state index is 12.0. The molecule has 0 bridgehead atoms. The van der Waals surface area contributed by atoms with E-state index in [1.54, 1.807) is 0 Å². The molecule has 1 aliphatic carbocycles. The fraction of sp³-hybridized carbons (Fsp3) is 0.833. The molecular weight excluding hydrogens is 220 g/mol. The Balaban J connectivity index is 1.94. The molecule has 2 atom stereocenters. The molecule has 5 nitrogen and oxygen atoms in total. The molecule has 0 aromatic heterocycles. The zero-order valence-corrected chi connectivity index (χ0v) is 10.2. The lowest BCUT2D eigenvalue weighted by atomic mass is 9.91. The summed E-state index contributed by atoms with van der Waals surface area (Å²) in [5.74, 6) is -0.904. The first-order valence-corrected chi connectivity index (χ1v) is 6.35. The molecule has 2 rings (SSSR count). The topological polar surface area (TPSA) is 69.6 Å². The molecule has 1 saturated heterocycles. The maximum Gasteiger partial charge on any atom is 0.326 e. The lowest BCUT2D eigenvalue weighted by Crippen LogP contribution is -2.54. The standard InChI is InChI=1S/C12H20N2O3/c1-8-3-2-6-14(11(8)12(16)17)10(15)7-13-9-4-5-9/h8-9,11,13H,2-7H2,1H3,(H,16,17). The fourth-order valence-corrected chi connectivity index (χ4v) is 2.46. The molecule has 0 radical (unpaired) electrons. The number of piperidine rings is 1. The van der Waals surface area contributed by atoms with Crippen molar-refractivity contribution in [1.82, 2.24) is 10.2 Å². The van der Waals surface area contributed by atoms with Crippen LogP contribution in [0.4, 0.5) is 0 Å². The largest absolute Gasteiger partial charge is 0.480 e. The van der Waals surface area contributed by atoms with Crippen LogP contribution in [0.25, 0.3) is 0 Å². The third kappa shape index (κ3) is 2.97. The van der Waals surface area contributed by atoms with E-state index in [9.17, 15) is 14.7 Å². The van der Waals surface area contributed by atoms with Crippen molar-refractivity contribution in [3.8, 4) is 0 Å². The smallest absolute Gasteiger partial charge is 0.326 e. The highest BCUT2D eigenvalue weighted by atomic mass is 16.4. The van der Waals surface area contributed by atoms with Gasteiger partial charge in [-0.15, -0.1) is 0 Å². The third-order valence-corrected chi connectivity index (χ3v) is 3.63. The Kier molecular flexibility index (Phi) is 3.66. The van der Waals surface area contributed by atoms with Gasteiger partial charge in [0.05, 0.1) is 6.54 Å². The normalized spacial score (nSPS) is 29.1. The molecule has 2 aliphatic rings. The van der Waals surface area contributed by atoms with Crippen molar-refractivity contribution in [3.05, 3.63) is 0 Å². The van der Waals surface area contributed by atoms with Crippen LogP contribution in [0.3, 0.4) is 0 Å². The minimum Gasteiger partial charge on any atom is -0.480 e. The SMILES string of the molecule is CC1CCCN(C(=O)CNC2CC2)C1C(=O)O. The first-order chi connectivity index (χ1) is 8.09. The van der Waals surface area contributed by atoms with Crippen molar-refractivity contribution < 1.29 is 14.7 Å². The van der Waals surface area contributed by atoms with Gasteiger partial charge in [0.15, 0.2) is 0 Å². The molecular formula is C12H20N2O3. The highest BCUT2D eigenvalue weighted by Gasteiger charge is 2.37. The Labute approximate surface area is 101 Å². The Morgan fingerprint density at radius 2 is 2.06 bits per heavy atom. The monoisotopic (exact) mass is 240 g/mol. The van der Waals surface area contributed by atoms with E-state index in [0.29, 0.717) is 12.6 Å². The quantitative estimate of drug-likeness (QED) is 0.748. The van der Waals surface area contributed by atoms with Gasteiger partial charge in [0.25, 0.3) is 0 Å². The van der Waals surface area contributed by atoms with Gasteiger partial charge in [0.1, 0.15) is 6.04 Å². The molecule has 0 aromatic carbocycles. The van der Waals surface area contributed by atoms with Gasteiger partial charge < -0.3 is 15.3 Å². The van der Waals surface area contributed by atoms with Crippen molar-refractivity contribution in [1.29, 1.82) is 0 Å². The van der Waals surface area contributed by atoms with Crippen LogP contribution in [0, 0.1) is 5.92 Å². The number of amides is 1. The van der Waals surface area contributed by atoms with Crippen LogP contribution in [0.1, 0.15) is 32.6 Å². The predicted molar refractivity (Wildman–Crippen MR) is 62.6 cm³/mol. The van der Waals surface area contributed by atoms with E-state index in [1.165, 1.54) is 4.90 Å². The Morgan fingerprint density at radius 3 is 2.65 bits per heavy atom. The van der Waals surface area contributed by atoms with E-state index < -0.39 is 12.0 Å². The summed E-state index contributed by atoms with van der Waals surface area (Å²) in [5.41, 5.74) is 0. The zero-order valence-electron chi connectivity index (χ0n) is 10.2. The van der Waals surface area contributed by atoms with Crippen molar-refractivity contribution in [2.24, 2.45) is 5.92 Å². The molecule has 2 fully saturated rings. The number of carbonyl (C=O) groups excluding carboxylic acids is 1. The number of aliphatic carboxylic acids is 1. The summed E-state index contributed by atoms with van der Waals surface area (Å²) in [6.45, 7) is 2.76. The average Bonchev–Trinajstić information content (AvgIpc) is 3.08. The molecule has 0 spiro atoms. The van der Waals surface area contributed by atoms with E-state index >= 15 is 0 Å². The first kappa shape index (κ1) is 12.4. The molecule has 96 valence electrons. The number of hydrogen-bond acceptors (Lipinski definition) is 3. The van der Waals surface area contributed by atoms with E-state index in [2.05, 4.69) is 5.32 Å². The summed E-state index contributed by atoms with van der Waals surface area (Å²) in [7, 11) is 0. The minimum absolute atomic E-state index is 0.0473. The molecule has 0 aromatic rings. The number of carboxylic acid groups (broad SMARTS) is 1. The van der Waals surface area contributed by atoms with Crippen LogP contribution in [-0.2, 0) is 9.59 Å². The summed E-state index contributed by atoms with van der Waals surface area (Å²) in [4.78, 5) is 24.7. The summed E-state index contributed by atoms with van der Waals surface area (Å²) < 4.78 is 0. The number of nitrogens with zero attached hydrogens (tertiary/aromatic N) is 1. The number of likely N-dealkylation sites (tertiary alicyclic amines) is 1. The average molecular weight is 240 g/mol. The van der Waals surface area contributed by atoms with Crippen molar-refractivity contribution in [2.75, 3.05) is 13.1 Å². The summed E-state index contributed by atoms with van der Waals surface area (Å²) >= 11 is 0. The van der Waals surface area contributed by atoms with Gasteiger partial charge in [-0.05, 0) is 31.6 Å². The Bertz CT molecular complexity index is 315. The minimum atomic E-state index is -0.878. The molecule has 1 amide bonds. The van der Waals surface area contributed by atoms with Crippen molar-refractivity contribution in [3.63, 3.8) is 0 Å². The maximum atomic E-state index is 12.0. The second-order valence-electron chi connectivity index (χ2n) is 5.14. The van der Waals surface area contributed by atoms with E-state index in [1.807, 2.05) is 6.92 Å². The van der Waals surface area contributed by atoms with Gasteiger partial charge in [0, 0.05) is 12.6 Å². The summed E-state index contributed by atoms with van der Waals surface area (Å²) in [6.07, 6.45) is 4.05. The Hall–Kier alpha value is -1.10. The summed E-state index contributed by atoms with van der Waals surface area (Å²) in [6, 6.07) is -0.165.